The second-order valence-corrected chi connectivity index (χ2v) is 5.90. The van der Waals surface area contributed by atoms with E-state index in [0.717, 1.165) is 24.6 Å². The number of carbonyl (C=O) groups is 1. The van der Waals surface area contributed by atoms with Gasteiger partial charge in [-0.15, -0.1) is 0 Å². The predicted octanol–water partition coefficient (Wildman–Crippen LogP) is 1.72. The Bertz CT molecular complexity index is 367. The summed E-state index contributed by atoms with van der Waals surface area (Å²) in [7, 11) is 0. The summed E-state index contributed by atoms with van der Waals surface area (Å²) in [6, 6.07) is 3.69. The molecule has 0 radical (unpaired) electrons. The third-order valence-corrected chi connectivity index (χ3v) is 4.46. The van der Waals surface area contributed by atoms with E-state index in [1.54, 1.807) is 6.26 Å². The molecule has 0 spiro atoms. The van der Waals surface area contributed by atoms with Crippen LogP contribution in [0.2, 0.25) is 0 Å². The normalized spacial score (nSPS) is 20.8. The lowest BCUT2D eigenvalue weighted by atomic mass is 10.3. The molecule has 1 aliphatic rings. The van der Waals surface area contributed by atoms with Gasteiger partial charge in [0.2, 0.25) is 5.91 Å². The molecular formula is C13H20N2O2S. The third-order valence-electron chi connectivity index (χ3n) is 3.09. The molecule has 1 aromatic heterocycles. The first kappa shape index (κ1) is 13.5. The summed E-state index contributed by atoms with van der Waals surface area (Å²) < 4.78 is 5.18. The van der Waals surface area contributed by atoms with Gasteiger partial charge in [-0.25, -0.2) is 0 Å². The van der Waals surface area contributed by atoms with E-state index in [1.807, 2.05) is 23.9 Å². The van der Waals surface area contributed by atoms with Crippen molar-refractivity contribution in [1.82, 2.24) is 10.2 Å². The second kappa shape index (κ2) is 6.85. The van der Waals surface area contributed by atoms with Gasteiger partial charge in [0.1, 0.15) is 5.76 Å². The zero-order valence-corrected chi connectivity index (χ0v) is 11.5. The van der Waals surface area contributed by atoms with Gasteiger partial charge < -0.3 is 9.73 Å². The van der Waals surface area contributed by atoms with E-state index < -0.39 is 0 Å². The van der Waals surface area contributed by atoms with Crippen molar-refractivity contribution in [3.05, 3.63) is 24.2 Å². The Hall–Kier alpha value is -0.940. The van der Waals surface area contributed by atoms with Gasteiger partial charge in [0, 0.05) is 24.1 Å². The first-order valence-electron chi connectivity index (χ1n) is 6.41. The number of nitrogens with zero attached hydrogens (tertiary/aromatic N) is 1. The molecule has 0 aromatic carbocycles. The molecule has 0 bridgehead atoms. The largest absolute Gasteiger partial charge is 0.467 e. The van der Waals surface area contributed by atoms with Crippen molar-refractivity contribution in [1.29, 1.82) is 0 Å². The van der Waals surface area contributed by atoms with Crippen molar-refractivity contribution < 1.29 is 9.21 Å². The Morgan fingerprint density at radius 1 is 1.67 bits per heavy atom. The molecule has 1 fully saturated rings. The molecule has 1 atom stereocenters. The van der Waals surface area contributed by atoms with E-state index in [4.69, 9.17) is 4.42 Å². The van der Waals surface area contributed by atoms with E-state index in [-0.39, 0.29) is 5.91 Å². The van der Waals surface area contributed by atoms with Crippen LogP contribution in [-0.4, -0.2) is 41.4 Å². The first-order chi connectivity index (χ1) is 8.78. The van der Waals surface area contributed by atoms with Crippen molar-refractivity contribution in [2.75, 3.05) is 25.4 Å². The molecule has 0 aliphatic carbocycles. The molecule has 1 aliphatic heterocycles. The fourth-order valence-corrected chi connectivity index (χ4v) is 3.28. The second-order valence-electron chi connectivity index (χ2n) is 4.49. The lowest BCUT2D eigenvalue weighted by Crippen LogP contribution is -2.43. The summed E-state index contributed by atoms with van der Waals surface area (Å²) in [6.45, 7) is 5.21. The third kappa shape index (κ3) is 4.07. The zero-order chi connectivity index (χ0) is 12.8. The van der Waals surface area contributed by atoms with E-state index >= 15 is 0 Å². The number of furan rings is 1. The van der Waals surface area contributed by atoms with Crippen LogP contribution >= 0.6 is 11.8 Å². The number of nitrogens with one attached hydrogen (secondary N) is 1. The zero-order valence-electron chi connectivity index (χ0n) is 10.7. The molecule has 1 N–H and O–H groups in total. The topological polar surface area (TPSA) is 45.5 Å². The average molecular weight is 268 g/mol. The van der Waals surface area contributed by atoms with Gasteiger partial charge in [-0.05, 0) is 18.6 Å². The fourth-order valence-electron chi connectivity index (χ4n) is 2.03. The summed E-state index contributed by atoms with van der Waals surface area (Å²) >= 11 is 2.02. The number of thioether (sulfide) groups is 1. The van der Waals surface area contributed by atoms with Crippen molar-refractivity contribution in [3.63, 3.8) is 0 Å². The maximum atomic E-state index is 11.8. The van der Waals surface area contributed by atoms with Crippen LogP contribution in [0.25, 0.3) is 0 Å². The van der Waals surface area contributed by atoms with Crippen LogP contribution in [0, 0.1) is 0 Å². The lowest BCUT2D eigenvalue weighted by molar-refractivity contribution is -0.122. The van der Waals surface area contributed by atoms with Gasteiger partial charge in [-0.2, -0.15) is 11.8 Å². The number of hydrogen-bond donors (Lipinski definition) is 1. The van der Waals surface area contributed by atoms with Gasteiger partial charge in [-0.1, -0.05) is 6.92 Å². The van der Waals surface area contributed by atoms with Crippen LogP contribution in [0.5, 0.6) is 0 Å². The minimum atomic E-state index is 0.0770. The molecule has 0 saturated carbocycles. The highest BCUT2D eigenvalue weighted by atomic mass is 32.2. The van der Waals surface area contributed by atoms with Crippen LogP contribution in [0.4, 0.5) is 0 Å². The molecule has 4 nitrogen and oxygen atoms in total. The maximum Gasteiger partial charge on any atom is 0.234 e. The minimum absolute atomic E-state index is 0.0770. The molecule has 1 unspecified atom stereocenters. The number of rotatable bonds is 5. The highest BCUT2D eigenvalue weighted by Crippen LogP contribution is 2.20. The van der Waals surface area contributed by atoms with Crippen molar-refractivity contribution >= 4 is 17.7 Å². The molecule has 1 aromatic rings. The van der Waals surface area contributed by atoms with Gasteiger partial charge in [0.05, 0.1) is 19.4 Å². The minimum Gasteiger partial charge on any atom is -0.467 e. The van der Waals surface area contributed by atoms with E-state index in [9.17, 15) is 4.79 Å². The smallest absolute Gasteiger partial charge is 0.234 e. The summed E-state index contributed by atoms with van der Waals surface area (Å²) in [5.41, 5.74) is 0. The molecule has 1 amide bonds. The maximum absolute atomic E-state index is 11.8. The Morgan fingerprint density at radius 3 is 3.28 bits per heavy atom. The highest BCUT2D eigenvalue weighted by molar-refractivity contribution is 8.00. The lowest BCUT2D eigenvalue weighted by Gasteiger charge is -2.31. The van der Waals surface area contributed by atoms with E-state index in [1.165, 1.54) is 6.42 Å². The monoisotopic (exact) mass is 268 g/mol. The Kier molecular flexibility index (Phi) is 5.13. The van der Waals surface area contributed by atoms with Crippen molar-refractivity contribution in [2.45, 2.75) is 25.1 Å². The van der Waals surface area contributed by atoms with E-state index in [2.05, 4.69) is 17.1 Å². The predicted molar refractivity (Wildman–Crippen MR) is 73.5 cm³/mol. The average Bonchev–Trinajstić information content (AvgIpc) is 2.90. The molecule has 2 rings (SSSR count). The Balaban J connectivity index is 1.70. The van der Waals surface area contributed by atoms with Crippen LogP contribution in [0.3, 0.4) is 0 Å². The number of amides is 1. The number of carbonyl (C=O) groups excluding carboxylic acids is 1. The van der Waals surface area contributed by atoms with Gasteiger partial charge in [0.15, 0.2) is 0 Å². The van der Waals surface area contributed by atoms with Gasteiger partial charge in [0.25, 0.3) is 0 Å². The van der Waals surface area contributed by atoms with Gasteiger partial charge >= 0.3 is 0 Å². The van der Waals surface area contributed by atoms with E-state index in [0.29, 0.717) is 18.3 Å². The van der Waals surface area contributed by atoms with Crippen LogP contribution in [0.15, 0.2) is 22.8 Å². The summed E-state index contributed by atoms with van der Waals surface area (Å²) in [5, 5.41) is 3.56. The molecule has 2 heterocycles. The van der Waals surface area contributed by atoms with Crippen LogP contribution < -0.4 is 5.32 Å². The Labute approximate surface area is 112 Å². The SMILES string of the molecule is CCC1CN(CC(=O)NCc2ccco2)CCS1. The highest BCUT2D eigenvalue weighted by Gasteiger charge is 2.20. The first-order valence-corrected chi connectivity index (χ1v) is 7.46. The molecule has 1 saturated heterocycles. The molecule has 5 heteroatoms. The summed E-state index contributed by atoms with van der Waals surface area (Å²) in [4.78, 5) is 14.0. The fraction of sp³-hybridized carbons (Fsp3) is 0.615. The Morgan fingerprint density at radius 2 is 2.56 bits per heavy atom. The molecule has 18 heavy (non-hydrogen) atoms. The van der Waals surface area contributed by atoms with Crippen LogP contribution in [0.1, 0.15) is 19.1 Å². The summed E-state index contributed by atoms with van der Waals surface area (Å²) in [6.07, 6.45) is 2.80. The quantitative estimate of drug-likeness (QED) is 0.883. The van der Waals surface area contributed by atoms with Gasteiger partial charge in [-0.3, -0.25) is 9.69 Å². The van der Waals surface area contributed by atoms with Crippen LogP contribution in [-0.2, 0) is 11.3 Å². The molecular weight excluding hydrogens is 248 g/mol. The number of hydrogen-bond acceptors (Lipinski definition) is 4. The standard InChI is InChI=1S/C13H20N2O2S/c1-2-12-9-15(5-7-18-12)10-13(16)14-8-11-4-3-6-17-11/h3-4,6,12H,2,5,7-10H2,1H3,(H,14,16). The summed E-state index contributed by atoms with van der Waals surface area (Å²) in [5.74, 6) is 2.00. The molecule has 100 valence electrons. The van der Waals surface area contributed by atoms with Crippen molar-refractivity contribution in [3.8, 4) is 0 Å². The van der Waals surface area contributed by atoms with Crippen molar-refractivity contribution in [2.24, 2.45) is 0 Å².